The van der Waals surface area contributed by atoms with Crippen molar-refractivity contribution in [2.75, 3.05) is 6.61 Å². The Morgan fingerprint density at radius 1 is 0.718 bits per heavy atom. The number of ether oxygens (including phenoxy) is 2. The lowest BCUT2D eigenvalue weighted by Gasteiger charge is -2.11. The molecule has 0 aliphatic heterocycles. The van der Waals surface area contributed by atoms with E-state index in [9.17, 15) is 18.0 Å². The first kappa shape index (κ1) is 28.0. The summed E-state index contributed by atoms with van der Waals surface area (Å²) >= 11 is 0. The number of esters is 1. The van der Waals surface area contributed by atoms with E-state index in [4.69, 9.17) is 9.47 Å². The molecule has 0 fully saturated rings. The maximum Gasteiger partial charge on any atom is 0.346 e. The molecule has 4 rings (SSSR count). The van der Waals surface area contributed by atoms with Crippen molar-refractivity contribution in [3.05, 3.63) is 107 Å². The zero-order valence-electron chi connectivity index (χ0n) is 22.1. The van der Waals surface area contributed by atoms with Crippen LogP contribution in [0.5, 0.6) is 11.5 Å². The van der Waals surface area contributed by atoms with Gasteiger partial charge in [0.15, 0.2) is 23.2 Å². The Balaban J connectivity index is 1.39. The molecule has 0 spiro atoms. The summed E-state index contributed by atoms with van der Waals surface area (Å²) in [7, 11) is 0. The smallest absolute Gasteiger partial charge is 0.346 e. The highest BCUT2D eigenvalue weighted by Crippen LogP contribution is 2.29. The van der Waals surface area contributed by atoms with E-state index in [2.05, 4.69) is 6.92 Å². The van der Waals surface area contributed by atoms with Crippen LogP contribution < -0.4 is 9.47 Å². The molecule has 4 aromatic carbocycles. The molecule has 0 radical (unpaired) electrons. The number of benzene rings is 4. The molecular formula is C33H31F3O3. The molecule has 0 aromatic heterocycles. The third-order valence-corrected chi connectivity index (χ3v) is 6.50. The van der Waals surface area contributed by atoms with Gasteiger partial charge < -0.3 is 9.47 Å². The van der Waals surface area contributed by atoms with Crippen LogP contribution in [0.3, 0.4) is 0 Å². The van der Waals surface area contributed by atoms with Crippen molar-refractivity contribution in [2.24, 2.45) is 0 Å². The molecule has 39 heavy (non-hydrogen) atoms. The van der Waals surface area contributed by atoms with E-state index in [1.165, 1.54) is 43.2 Å². The average Bonchev–Trinajstić information content (AvgIpc) is 2.94. The van der Waals surface area contributed by atoms with Gasteiger partial charge in [-0.25, -0.2) is 18.0 Å². The third-order valence-electron chi connectivity index (χ3n) is 6.50. The van der Waals surface area contributed by atoms with E-state index in [-0.39, 0.29) is 17.1 Å². The van der Waals surface area contributed by atoms with Gasteiger partial charge in [-0.3, -0.25) is 0 Å². The first-order chi connectivity index (χ1) is 18.9. The van der Waals surface area contributed by atoms with Gasteiger partial charge in [-0.05, 0) is 60.4 Å². The van der Waals surface area contributed by atoms with Gasteiger partial charge in [0.2, 0.25) is 0 Å². The fourth-order valence-corrected chi connectivity index (χ4v) is 4.23. The van der Waals surface area contributed by atoms with Crippen LogP contribution in [-0.2, 0) is 0 Å². The highest BCUT2D eigenvalue weighted by Gasteiger charge is 2.21. The van der Waals surface area contributed by atoms with Crippen LogP contribution in [0.2, 0.25) is 0 Å². The number of carbonyl (C=O) groups excluding carboxylic acids is 1. The molecule has 0 aliphatic carbocycles. The molecule has 6 heteroatoms. The lowest BCUT2D eigenvalue weighted by molar-refractivity contribution is 0.0728. The zero-order chi connectivity index (χ0) is 27.8. The minimum Gasteiger partial charge on any atom is -0.491 e. The largest absolute Gasteiger partial charge is 0.491 e. The van der Waals surface area contributed by atoms with Crippen LogP contribution in [0.1, 0.15) is 54.9 Å². The van der Waals surface area contributed by atoms with E-state index >= 15 is 0 Å². The number of halogens is 3. The number of rotatable bonds is 11. The SMILES string of the molecule is CCCCCCCOc1ccc(-c2ccc(OC(=O)c3ccc(-c4ccc(C)cc4)c(F)c3F)cc2)cc1F. The van der Waals surface area contributed by atoms with E-state index < -0.39 is 29.0 Å². The lowest BCUT2D eigenvalue weighted by Crippen LogP contribution is -2.12. The van der Waals surface area contributed by atoms with Crippen molar-refractivity contribution in [1.82, 2.24) is 0 Å². The lowest BCUT2D eigenvalue weighted by atomic mass is 10.0. The van der Waals surface area contributed by atoms with Crippen molar-refractivity contribution in [1.29, 1.82) is 0 Å². The van der Waals surface area contributed by atoms with Crippen molar-refractivity contribution in [3.8, 4) is 33.8 Å². The number of carbonyl (C=O) groups is 1. The molecule has 0 atom stereocenters. The average molecular weight is 533 g/mol. The molecule has 4 aromatic rings. The van der Waals surface area contributed by atoms with Gasteiger partial charge in [-0.15, -0.1) is 0 Å². The number of aryl methyl sites for hydroxylation is 1. The molecule has 3 nitrogen and oxygen atoms in total. The molecular weight excluding hydrogens is 501 g/mol. The van der Waals surface area contributed by atoms with Crippen molar-refractivity contribution >= 4 is 5.97 Å². The van der Waals surface area contributed by atoms with Crippen LogP contribution in [-0.4, -0.2) is 12.6 Å². The van der Waals surface area contributed by atoms with Crippen LogP contribution >= 0.6 is 0 Å². The summed E-state index contributed by atoms with van der Waals surface area (Å²) in [5.74, 6) is -3.50. The first-order valence-corrected chi connectivity index (χ1v) is 13.2. The first-order valence-electron chi connectivity index (χ1n) is 13.2. The van der Waals surface area contributed by atoms with Crippen LogP contribution in [0.25, 0.3) is 22.3 Å². The second-order valence-corrected chi connectivity index (χ2v) is 9.48. The number of unbranched alkanes of at least 4 members (excludes halogenated alkanes) is 4. The molecule has 202 valence electrons. The summed E-state index contributed by atoms with van der Waals surface area (Å²) < 4.78 is 54.9. The molecule has 0 aliphatic rings. The molecule has 0 saturated carbocycles. The van der Waals surface area contributed by atoms with Crippen LogP contribution in [0.15, 0.2) is 78.9 Å². The summed E-state index contributed by atoms with van der Waals surface area (Å²) in [6.45, 7) is 4.52. The van der Waals surface area contributed by atoms with Crippen molar-refractivity contribution in [3.63, 3.8) is 0 Å². The predicted octanol–water partition coefficient (Wildman–Crippen LogP) is 9.31. The van der Waals surface area contributed by atoms with E-state index in [1.54, 1.807) is 48.5 Å². The normalized spacial score (nSPS) is 10.9. The predicted molar refractivity (Wildman–Crippen MR) is 148 cm³/mol. The van der Waals surface area contributed by atoms with Gasteiger partial charge in [0, 0.05) is 5.56 Å². The van der Waals surface area contributed by atoms with Gasteiger partial charge in [0.25, 0.3) is 0 Å². The minimum atomic E-state index is -1.27. The molecule has 0 saturated heterocycles. The Kier molecular flexibility index (Phi) is 9.42. The highest BCUT2D eigenvalue weighted by molar-refractivity contribution is 5.92. The standard InChI is InChI=1S/C33H31F3O3/c1-3-4-5-6-7-20-38-30-19-14-25(21-29(30)34)23-12-15-26(16-13-23)39-33(37)28-18-17-27(31(35)32(28)36)24-10-8-22(2)9-11-24/h8-19,21H,3-7,20H2,1-2H3. The van der Waals surface area contributed by atoms with Gasteiger partial charge in [-0.1, -0.05) is 86.7 Å². The topological polar surface area (TPSA) is 35.5 Å². The summed E-state index contributed by atoms with van der Waals surface area (Å²) in [6.07, 6.45) is 5.46. The molecule has 0 amide bonds. The zero-order valence-corrected chi connectivity index (χ0v) is 22.1. The monoisotopic (exact) mass is 532 g/mol. The Morgan fingerprint density at radius 2 is 1.38 bits per heavy atom. The molecule has 0 heterocycles. The molecule has 0 unspecified atom stereocenters. The fourth-order valence-electron chi connectivity index (χ4n) is 4.23. The molecule has 0 bridgehead atoms. The van der Waals surface area contributed by atoms with Gasteiger partial charge in [0.05, 0.1) is 12.2 Å². The Labute approximate surface area is 227 Å². The number of hydrogen-bond acceptors (Lipinski definition) is 3. The van der Waals surface area contributed by atoms with Gasteiger partial charge >= 0.3 is 5.97 Å². The van der Waals surface area contributed by atoms with Gasteiger partial charge in [0.1, 0.15) is 5.75 Å². The third kappa shape index (κ3) is 7.08. The van der Waals surface area contributed by atoms with E-state index in [1.807, 2.05) is 6.92 Å². The molecule has 0 N–H and O–H groups in total. The van der Waals surface area contributed by atoms with Crippen molar-refractivity contribution in [2.45, 2.75) is 46.0 Å². The Morgan fingerprint density at radius 3 is 2.08 bits per heavy atom. The van der Waals surface area contributed by atoms with Gasteiger partial charge in [-0.2, -0.15) is 0 Å². The highest BCUT2D eigenvalue weighted by atomic mass is 19.2. The van der Waals surface area contributed by atoms with Crippen LogP contribution in [0, 0.1) is 24.4 Å². The Bertz CT molecular complexity index is 1410. The van der Waals surface area contributed by atoms with E-state index in [0.29, 0.717) is 23.3 Å². The maximum absolute atomic E-state index is 14.8. The quantitative estimate of drug-likeness (QED) is 0.110. The summed E-state index contributed by atoms with van der Waals surface area (Å²) in [6, 6.07) is 20.6. The Hall–Kier alpha value is -4.06. The summed E-state index contributed by atoms with van der Waals surface area (Å²) in [5.41, 5.74) is 2.37. The summed E-state index contributed by atoms with van der Waals surface area (Å²) in [4.78, 5) is 12.6. The second kappa shape index (κ2) is 13.1. The van der Waals surface area contributed by atoms with E-state index in [0.717, 1.165) is 24.8 Å². The summed E-state index contributed by atoms with van der Waals surface area (Å²) in [5, 5.41) is 0. The maximum atomic E-state index is 14.8. The van der Waals surface area contributed by atoms with Crippen molar-refractivity contribution < 1.29 is 27.4 Å². The fraction of sp³-hybridized carbons (Fsp3) is 0.242. The second-order valence-electron chi connectivity index (χ2n) is 9.48. The number of hydrogen-bond donors (Lipinski definition) is 0. The van der Waals surface area contributed by atoms with Crippen LogP contribution in [0.4, 0.5) is 13.2 Å². The minimum absolute atomic E-state index is 0.0593.